The number of aromatic nitrogens is 3. The van der Waals surface area contributed by atoms with Gasteiger partial charge in [0.2, 0.25) is 0 Å². The normalized spacial score (nSPS) is 13.4. The minimum atomic E-state index is 0. The number of amides is 1. The Balaban J connectivity index is 0.00000144. The molecule has 0 radical (unpaired) electrons. The van der Waals surface area contributed by atoms with E-state index >= 15 is 0 Å². The number of halogens is 2. The molecule has 0 spiro atoms. The number of fused-ring (bicyclic) bond motifs is 1. The summed E-state index contributed by atoms with van der Waals surface area (Å²) in [7, 11) is 2.01. The monoisotopic (exact) mass is 469 g/mol. The van der Waals surface area contributed by atoms with E-state index in [-0.39, 0.29) is 30.7 Å². The molecule has 4 heterocycles. The molecule has 0 saturated carbocycles. The topological polar surface area (TPSA) is 54.3 Å². The molecule has 0 N–H and O–H groups in total. The van der Waals surface area contributed by atoms with Crippen LogP contribution in [0.1, 0.15) is 10.4 Å². The summed E-state index contributed by atoms with van der Waals surface area (Å²) in [6.07, 6.45) is 5.39. The lowest BCUT2D eigenvalue weighted by atomic mass is 10.0. The Morgan fingerprint density at radius 3 is 2.31 bits per heavy atom. The van der Waals surface area contributed by atoms with Gasteiger partial charge in [0.05, 0.1) is 11.3 Å². The van der Waals surface area contributed by atoms with Gasteiger partial charge in [0, 0.05) is 68.3 Å². The number of hydrogen-bond acceptors (Lipinski definition) is 4. The summed E-state index contributed by atoms with van der Waals surface area (Å²) in [6.45, 7) is 2.89. The number of anilines is 1. The van der Waals surface area contributed by atoms with E-state index in [4.69, 9.17) is 0 Å². The van der Waals surface area contributed by atoms with E-state index in [9.17, 15) is 4.79 Å². The molecule has 0 unspecified atom stereocenters. The molecule has 8 heteroatoms. The summed E-state index contributed by atoms with van der Waals surface area (Å²) in [6, 6.07) is 17.9. The number of carbonyl (C=O) groups is 1. The molecule has 0 aliphatic carbocycles. The number of hydrogen-bond donors (Lipinski definition) is 0. The molecule has 1 aliphatic rings. The number of nitrogens with zero attached hydrogens (tertiary/aromatic N) is 5. The summed E-state index contributed by atoms with van der Waals surface area (Å²) < 4.78 is 2.10. The van der Waals surface area contributed by atoms with Gasteiger partial charge in [0.25, 0.3) is 5.91 Å². The molecule has 1 fully saturated rings. The maximum Gasteiger partial charge on any atom is 0.256 e. The van der Waals surface area contributed by atoms with E-state index < -0.39 is 0 Å². The van der Waals surface area contributed by atoms with E-state index in [1.807, 2.05) is 72.9 Å². The lowest BCUT2D eigenvalue weighted by Crippen LogP contribution is -2.49. The minimum Gasteiger partial charge on any atom is -0.353 e. The van der Waals surface area contributed by atoms with Gasteiger partial charge in [-0.2, -0.15) is 0 Å². The Labute approximate surface area is 199 Å². The zero-order valence-corrected chi connectivity index (χ0v) is 19.4. The molecule has 3 aromatic heterocycles. The predicted molar refractivity (Wildman–Crippen MR) is 133 cm³/mol. The van der Waals surface area contributed by atoms with Crippen LogP contribution in [0.5, 0.6) is 0 Å². The molecule has 1 aliphatic heterocycles. The standard InChI is InChI=1S/C24H23N5O.2ClH/c1-27-20-9-3-2-8-19(20)22(23(27)18-7-6-11-25-17-18)24(30)29-15-13-28(14-16-29)21-10-4-5-12-26-21;;/h2-12,17H,13-16H2,1H3;2*1H. The Morgan fingerprint density at radius 2 is 1.62 bits per heavy atom. The Hall–Kier alpha value is -3.09. The van der Waals surface area contributed by atoms with Crippen LogP contribution in [0.15, 0.2) is 73.2 Å². The number of piperazine rings is 1. The van der Waals surface area contributed by atoms with Crippen molar-refractivity contribution < 1.29 is 4.79 Å². The Bertz CT molecular complexity index is 1190. The second-order valence-corrected chi connectivity index (χ2v) is 7.51. The second kappa shape index (κ2) is 10.0. The summed E-state index contributed by atoms with van der Waals surface area (Å²) in [5.41, 5.74) is 3.67. The van der Waals surface area contributed by atoms with Gasteiger partial charge in [-0.3, -0.25) is 9.78 Å². The summed E-state index contributed by atoms with van der Waals surface area (Å²) >= 11 is 0. The maximum atomic E-state index is 13.7. The minimum absolute atomic E-state index is 0. The van der Waals surface area contributed by atoms with Gasteiger partial charge in [-0.05, 0) is 30.3 Å². The zero-order chi connectivity index (χ0) is 20.5. The fourth-order valence-corrected chi connectivity index (χ4v) is 4.29. The molecule has 6 nitrogen and oxygen atoms in total. The third-order valence-electron chi connectivity index (χ3n) is 5.80. The molecule has 4 aromatic rings. The van der Waals surface area contributed by atoms with Gasteiger partial charge in [0.1, 0.15) is 5.82 Å². The lowest BCUT2D eigenvalue weighted by molar-refractivity contribution is 0.0749. The fourth-order valence-electron chi connectivity index (χ4n) is 4.29. The third-order valence-corrected chi connectivity index (χ3v) is 5.80. The van der Waals surface area contributed by atoms with Crippen LogP contribution in [0.4, 0.5) is 5.82 Å². The molecule has 0 bridgehead atoms. The highest BCUT2D eigenvalue weighted by atomic mass is 35.5. The van der Waals surface area contributed by atoms with Crippen molar-refractivity contribution in [3.63, 3.8) is 0 Å². The van der Waals surface area contributed by atoms with Crippen LogP contribution in [0.25, 0.3) is 22.2 Å². The lowest BCUT2D eigenvalue weighted by Gasteiger charge is -2.35. The molecule has 166 valence electrons. The van der Waals surface area contributed by atoms with Crippen LogP contribution in [0.2, 0.25) is 0 Å². The summed E-state index contributed by atoms with van der Waals surface area (Å²) in [5.74, 6) is 1.04. The summed E-state index contributed by atoms with van der Waals surface area (Å²) in [5, 5.41) is 0.982. The molecular formula is C24H25Cl2N5O. The molecule has 32 heavy (non-hydrogen) atoms. The predicted octanol–water partition coefficient (Wildman–Crippen LogP) is 4.44. The van der Waals surface area contributed by atoms with Crippen molar-refractivity contribution in [2.24, 2.45) is 7.05 Å². The van der Waals surface area contributed by atoms with Crippen LogP contribution in [-0.2, 0) is 7.05 Å². The van der Waals surface area contributed by atoms with Gasteiger partial charge in [-0.1, -0.05) is 24.3 Å². The number of pyridine rings is 2. The molecule has 1 saturated heterocycles. The van der Waals surface area contributed by atoms with E-state index in [1.165, 1.54) is 0 Å². The first-order valence-corrected chi connectivity index (χ1v) is 10.2. The average molecular weight is 470 g/mol. The number of para-hydroxylation sites is 1. The van der Waals surface area contributed by atoms with Gasteiger partial charge in [-0.25, -0.2) is 4.98 Å². The van der Waals surface area contributed by atoms with E-state index in [0.29, 0.717) is 13.1 Å². The fraction of sp³-hybridized carbons (Fsp3) is 0.208. The maximum absolute atomic E-state index is 13.7. The van der Waals surface area contributed by atoms with Crippen molar-refractivity contribution in [3.05, 3.63) is 78.8 Å². The first-order chi connectivity index (χ1) is 14.7. The van der Waals surface area contributed by atoms with Crippen molar-refractivity contribution in [1.29, 1.82) is 0 Å². The van der Waals surface area contributed by atoms with Crippen LogP contribution in [-0.4, -0.2) is 51.5 Å². The van der Waals surface area contributed by atoms with Gasteiger partial charge in [0.15, 0.2) is 0 Å². The third kappa shape index (κ3) is 4.16. The summed E-state index contributed by atoms with van der Waals surface area (Å²) in [4.78, 5) is 26.6. The van der Waals surface area contributed by atoms with Crippen LogP contribution >= 0.6 is 24.8 Å². The number of aryl methyl sites for hydroxylation is 1. The molecule has 0 atom stereocenters. The highest BCUT2D eigenvalue weighted by molar-refractivity contribution is 6.12. The Morgan fingerprint density at radius 1 is 0.875 bits per heavy atom. The van der Waals surface area contributed by atoms with Crippen LogP contribution in [0, 0.1) is 0 Å². The van der Waals surface area contributed by atoms with Crippen LogP contribution < -0.4 is 4.90 Å². The smallest absolute Gasteiger partial charge is 0.256 e. The molecular weight excluding hydrogens is 445 g/mol. The first kappa shape index (κ1) is 23.6. The van der Waals surface area contributed by atoms with E-state index in [1.54, 1.807) is 6.20 Å². The van der Waals surface area contributed by atoms with Crippen molar-refractivity contribution in [2.45, 2.75) is 0 Å². The van der Waals surface area contributed by atoms with Crippen molar-refractivity contribution >= 4 is 47.4 Å². The van der Waals surface area contributed by atoms with Crippen molar-refractivity contribution in [3.8, 4) is 11.3 Å². The van der Waals surface area contributed by atoms with Gasteiger partial charge < -0.3 is 14.4 Å². The highest BCUT2D eigenvalue weighted by Crippen LogP contribution is 2.34. The highest BCUT2D eigenvalue weighted by Gasteiger charge is 2.28. The van der Waals surface area contributed by atoms with E-state index in [0.717, 1.165) is 46.6 Å². The van der Waals surface area contributed by atoms with Crippen molar-refractivity contribution in [1.82, 2.24) is 19.4 Å². The quantitative estimate of drug-likeness (QED) is 0.444. The zero-order valence-electron chi connectivity index (χ0n) is 17.7. The largest absolute Gasteiger partial charge is 0.353 e. The van der Waals surface area contributed by atoms with E-state index in [2.05, 4.69) is 25.5 Å². The average Bonchev–Trinajstić information content (AvgIpc) is 3.12. The van der Waals surface area contributed by atoms with Crippen molar-refractivity contribution in [2.75, 3.05) is 31.1 Å². The molecule has 5 rings (SSSR count). The van der Waals surface area contributed by atoms with Gasteiger partial charge >= 0.3 is 0 Å². The van der Waals surface area contributed by atoms with Gasteiger partial charge in [-0.15, -0.1) is 24.8 Å². The first-order valence-electron chi connectivity index (χ1n) is 10.2. The SMILES string of the molecule is Cl.Cl.Cn1c(-c2cccnc2)c(C(=O)N2CCN(c3ccccn3)CC2)c2ccccc21. The second-order valence-electron chi connectivity index (χ2n) is 7.51. The molecule has 1 amide bonds. The number of benzene rings is 1. The molecule has 1 aromatic carbocycles. The Kier molecular flexibility index (Phi) is 7.38. The van der Waals surface area contributed by atoms with Crippen LogP contribution in [0.3, 0.4) is 0 Å². The number of carbonyl (C=O) groups excluding carboxylic acids is 1. The number of rotatable bonds is 3.